The number of nitrogens with zero attached hydrogens (tertiary/aromatic N) is 2. The van der Waals surface area contributed by atoms with Gasteiger partial charge >= 0.3 is 23.9 Å². The molecule has 4 aromatic carbocycles. The Hall–Kier alpha value is -9.68. The van der Waals surface area contributed by atoms with Gasteiger partial charge in [0.15, 0.2) is 0 Å². The molecule has 12 nitrogen and oxygen atoms in total. The fourth-order valence-corrected chi connectivity index (χ4v) is 12.5. The van der Waals surface area contributed by atoms with Crippen LogP contribution in [0.1, 0.15) is 123 Å². The maximum Gasteiger partial charge on any atom is 0.337 e. The van der Waals surface area contributed by atoms with Gasteiger partial charge in [0.2, 0.25) is 0 Å². The normalized spacial score (nSPS) is 16.8. The summed E-state index contributed by atoms with van der Waals surface area (Å²) >= 11 is 0. The number of hydrogen-bond donors (Lipinski definition) is 2. The van der Waals surface area contributed by atoms with Gasteiger partial charge < -0.3 is 28.9 Å². The van der Waals surface area contributed by atoms with Crippen molar-refractivity contribution in [3.05, 3.63) is 268 Å². The monoisotopic (exact) mass is 1050 g/mol. The van der Waals surface area contributed by atoms with Crippen LogP contribution in [0.3, 0.4) is 0 Å². The number of ether oxygens (including phenoxy) is 4. The van der Waals surface area contributed by atoms with Crippen LogP contribution in [0.25, 0.3) is 22.3 Å². The molecule has 5 aliphatic carbocycles. The van der Waals surface area contributed by atoms with Crippen LogP contribution >= 0.6 is 0 Å². The van der Waals surface area contributed by atoms with E-state index in [9.17, 15) is 19.2 Å². The Morgan fingerprint density at radius 1 is 0.338 bits per heavy atom. The minimum Gasteiger partial charge on any atom is -0.465 e. The third-order valence-electron chi connectivity index (χ3n) is 16.3. The number of esters is 4. The number of aromatic amines is 2. The smallest absolute Gasteiger partial charge is 0.337 e. The van der Waals surface area contributed by atoms with Crippen molar-refractivity contribution in [3.8, 4) is 0 Å². The van der Waals surface area contributed by atoms with Crippen molar-refractivity contribution < 1.29 is 38.1 Å². The number of benzene rings is 4. The van der Waals surface area contributed by atoms with Crippen LogP contribution in [0.5, 0.6) is 0 Å². The van der Waals surface area contributed by atoms with Crippen molar-refractivity contribution in [1.82, 2.24) is 9.97 Å². The SMILES string of the molecule is COC(=O)c1ccc(C2=C3N=C(C4=C3CC=CC4)C(c3ccc(C(=O)OC)cc3)=c3[nH]c(c4c3CC=CC4)=C(c3ccc(C(=O)OC)cc3)C3=NC(=C(c4ccc(C(=O)OC)cc4)c4[nH]c2c2c4CC=CC2)C2=C3CC=CC2)cc1. The third kappa shape index (κ3) is 8.20. The van der Waals surface area contributed by atoms with Gasteiger partial charge in [0, 0.05) is 22.3 Å². The molecule has 0 saturated heterocycles. The van der Waals surface area contributed by atoms with Crippen LogP contribution in [0, 0.1) is 0 Å². The number of aromatic nitrogens is 2. The summed E-state index contributed by atoms with van der Waals surface area (Å²) in [4.78, 5) is 72.3. The first kappa shape index (κ1) is 49.9. The summed E-state index contributed by atoms with van der Waals surface area (Å²) in [5.74, 6) is -1.73. The van der Waals surface area contributed by atoms with E-state index in [1.807, 2.05) is 97.1 Å². The first-order valence-corrected chi connectivity index (χ1v) is 26.9. The predicted octanol–water partition coefficient (Wildman–Crippen LogP) is 10.6. The summed E-state index contributed by atoms with van der Waals surface area (Å²) in [6.45, 7) is 0. The van der Waals surface area contributed by atoms with Gasteiger partial charge in [-0.3, -0.25) is 0 Å². The second-order valence-electron chi connectivity index (χ2n) is 20.5. The van der Waals surface area contributed by atoms with Gasteiger partial charge in [-0.1, -0.05) is 97.1 Å². The third-order valence-corrected chi connectivity index (χ3v) is 16.3. The summed E-state index contributed by atoms with van der Waals surface area (Å²) in [6.07, 6.45) is 22.7. The van der Waals surface area contributed by atoms with E-state index in [1.54, 1.807) is 0 Å². The standard InChI is InChI=1S/C68H54N4O8/c1-77-65(73)41-29-21-37(22-30-41)53-57-45-13-5-7-15-47(45)59(69-57)54(38-23-31-42(32-24-38)66(74)78-2)61-49-17-9-11-19-51(49)63(71-61)56(40-27-35-44(36-28-40)68(76)80-4)64-52-20-12-10-18-50(52)62(72-64)55(39-25-33-43(34-26-39)67(75)79-3)60-48-16-8-6-14-46(48)58(53)70-60/h5-12,21-36,69,72H,13-20H2,1-4H3. The molecule has 80 heavy (non-hydrogen) atoms. The van der Waals surface area contributed by atoms with E-state index in [4.69, 9.17) is 28.9 Å². The maximum absolute atomic E-state index is 13.0. The fraction of sp³-hybridized carbons (Fsp3) is 0.176. The maximum atomic E-state index is 13.0. The summed E-state index contributed by atoms with van der Waals surface area (Å²) in [7, 11) is 5.55. The first-order chi connectivity index (χ1) is 39.2. The summed E-state index contributed by atoms with van der Waals surface area (Å²) in [5, 5.41) is 1.80. The van der Waals surface area contributed by atoms with E-state index < -0.39 is 23.9 Å². The quantitative estimate of drug-likeness (QED) is 0.0865. The second-order valence-corrected chi connectivity index (χ2v) is 20.5. The lowest BCUT2D eigenvalue weighted by Gasteiger charge is -2.17. The van der Waals surface area contributed by atoms with Crippen molar-refractivity contribution >= 4 is 57.6 Å². The molecule has 0 unspecified atom stereocenters. The lowest BCUT2D eigenvalue weighted by atomic mass is 9.84. The zero-order valence-corrected chi connectivity index (χ0v) is 44.7. The summed E-state index contributed by atoms with van der Waals surface area (Å²) in [6, 6.07) is 30.4. The highest BCUT2D eigenvalue weighted by Gasteiger charge is 2.37. The molecule has 6 aromatic rings. The molecule has 4 heterocycles. The van der Waals surface area contributed by atoms with E-state index in [-0.39, 0.29) is 0 Å². The Morgan fingerprint density at radius 2 is 0.613 bits per heavy atom. The van der Waals surface area contributed by atoms with Gasteiger partial charge in [0.05, 0.1) is 95.6 Å². The molecule has 0 saturated carbocycles. The predicted molar refractivity (Wildman–Crippen MR) is 308 cm³/mol. The number of methoxy groups -OCH3 is 4. The number of carbonyl (C=O) groups is 4. The van der Waals surface area contributed by atoms with Gasteiger partial charge in [-0.15, -0.1) is 0 Å². The molecule has 0 atom stereocenters. The van der Waals surface area contributed by atoms with E-state index in [2.05, 4.69) is 58.6 Å². The Kier molecular flexibility index (Phi) is 12.6. The van der Waals surface area contributed by atoms with Crippen molar-refractivity contribution in [1.29, 1.82) is 0 Å². The van der Waals surface area contributed by atoms with Gasteiger partial charge in [0.1, 0.15) is 0 Å². The van der Waals surface area contributed by atoms with E-state index in [0.717, 1.165) is 134 Å². The number of hydrogen-bond acceptors (Lipinski definition) is 10. The molecule has 8 bridgehead atoms. The molecule has 12 heteroatoms. The number of allylic oxidation sites excluding steroid dienone is 12. The summed E-state index contributed by atoms with van der Waals surface area (Å²) < 4.78 is 20.8. The fourth-order valence-electron chi connectivity index (χ4n) is 12.5. The minimum atomic E-state index is -0.433. The topological polar surface area (TPSA) is 161 Å². The van der Waals surface area contributed by atoms with Crippen LogP contribution in [0.4, 0.5) is 0 Å². The second kappa shape index (κ2) is 20.3. The highest BCUT2D eigenvalue weighted by molar-refractivity contribution is 6.35. The average molecular weight is 1060 g/mol. The number of nitrogens with one attached hydrogen (secondary N) is 2. The number of aliphatic imine (C=N–C) groups is 2. The molecule has 7 aliphatic rings. The highest BCUT2D eigenvalue weighted by Crippen LogP contribution is 2.48. The van der Waals surface area contributed by atoms with E-state index in [1.165, 1.54) is 28.4 Å². The van der Waals surface area contributed by atoms with E-state index in [0.29, 0.717) is 73.6 Å². The number of carbonyl (C=O) groups excluding carboxylic acids is 4. The van der Waals surface area contributed by atoms with Crippen molar-refractivity contribution in [2.45, 2.75) is 51.4 Å². The summed E-state index contributed by atoms with van der Waals surface area (Å²) in [5.41, 5.74) is 22.5. The highest BCUT2D eigenvalue weighted by atomic mass is 16.5. The molecule has 394 valence electrons. The molecule has 2 aliphatic heterocycles. The molecule has 2 aromatic heterocycles. The molecule has 0 radical (unpaired) electrons. The molecule has 0 fully saturated rings. The number of rotatable bonds is 8. The molecular formula is C68H54N4O8. The van der Waals surface area contributed by atoms with Crippen LogP contribution in [0.2, 0.25) is 0 Å². The van der Waals surface area contributed by atoms with Gasteiger partial charge in [0.25, 0.3) is 0 Å². The average Bonchev–Trinajstić information content (AvgIpc) is 4.37. The zero-order chi connectivity index (χ0) is 54.8. The largest absolute Gasteiger partial charge is 0.465 e. The molecule has 13 rings (SSSR count). The Balaban J connectivity index is 1.25. The Labute approximate surface area is 461 Å². The van der Waals surface area contributed by atoms with Crippen molar-refractivity contribution in [2.24, 2.45) is 9.98 Å². The van der Waals surface area contributed by atoms with Crippen molar-refractivity contribution in [3.63, 3.8) is 0 Å². The van der Waals surface area contributed by atoms with Gasteiger partial charge in [-0.05, 0) is 167 Å². The van der Waals surface area contributed by atoms with Gasteiger partial charge in [-0.2, -0.15) is 0 Å². The molecule has 0 spiro atoms. The van der Waals surface area contributed by atoms with E-state index >= 15 is 0 Å². The van der Waals surface area contributed by atoms with Crippen LogP contribution in [0.15, 0.2) is 189 Å². The Bertz CT molecular complexity index is 3910. The minimum absolute atomic E-state index is 0.425. The first-order valence-electron chi connectivity index (χ1n) is 26.9. The van der Waals surface area contributed by atoms with Crippen LogP contribution < -0.4 is 10.7 Å². The Morgan fingerprint density at radius 3 is 0.925 bits per heavy atom. The number of H-pyrrole nitrogens is 2. The zero-order valence-electron chi connectivity index (χ0n) is 44.7. The molecular weight excluding hydrogens is 1000 g/mol. The lowest BCUT2D eigenvalue weighted by Crippen LogP contribution is -2.24. The molecule has 0 amide bonds. The molecule has 2 N–H and O–H groups in total. The van der Waals surface area contributed by atoms with Gasteiger partial charge in [-0.25, -0.2) is 29.2 Å². The van der Waals surface area contributed by atoms with Crippen LogP contribution in [-0.4, -0.2) is 73.7 Å². The van der Waals surface area contributed by atoms with Crippen molar-refractivity contribution in [2.75, 3.05) is 28.4 Å². The lowest BCUT2D eigenvalue weighted by molar-refractivity contribution is 0.0592. The van der Waals surface area contributed by atoms with Crippen LogP contribution in [-0.2, 0) is 44.6 Å².